The van der Waals surface area contributed by atoms with Crippen LogP contribution in [0.4, 0.5) is 10.2 Å². The molecule has 0 bridgehead atoms. The van der Waals surface area contributed by atoms with E-state index in [1.165, 1.54) is 0 Å². The molecule has 31 heavy (non-hydrogen) atoms. The van der Waals surface area contributed by atoms with Crippen molar-refractivity contribution in [2.24, 2.45) is 0 Å². The van der Waals surface area contributed by atoms with Gasteiger partial charge in [-0.25, -0.2) is 22.6 Å². The summed E-state index contributed by atoms with van der Waals surface area (Å²) in [6.45, 7) is -5.28. The van der Waals surface area contributed by atoms with Gasteiger partial charge in [0.2, 0.25) is 0 Å². The highest BCUT2D eigenvalue weighted by molar-refractivity contribution is 7.91. The minimum Gasteiger partial charge on any atom is -0.388 e. The summed E-state index contributed by atoms with van der Waals surface area (Å²) in [7, 11) is -14.2. The maximum Gasteiger partial charge on any atom is 0.488 e. The first-order valence-electron chi connectivity index (χ1n) is 8.41. The quantitative estimate of drug-likeness (QED) is 0.167. The molecule has 1 aliphatic heterocycles. The molecule has 16 nitrogen and oxygen atoms in total. The average Bonchev–Trinajstić information content (AvgIpc) is 2.83. The Labute approximate surface area is 182 Å². The number of phosphoric ester groups is 1. The van der Waals surface area contributed by atoms with Crippen molar-refractivity contribution in [1.29, 1.82) is 0 Å². The van der Waals surface area contributed by atoms with Crippen LogP contribution in [0.2, 0.25) is 0 Å². The fraction of sp³-hybridized carbons (Fsp3) is 0.667. The summed E-state index contributed by atoms with van der Waals surface area (Å²) in [5.41, 5.74) is 4.05. The molecule has 3 unspecified atom stereocenters. The van der Waals surface area contributed by atoms with Gasteiger partial charge in [0.25, 0.3) is 7.23 Å². The van der Waals surface area contributed by atoms with Crippen LogP contribution in [-0.2, 0) is 27.0 Å². The van der Waals surface area contributed by atoms with Crippen LogP contribution < -0.4 is 11.4 Å². The Morgan fingerprint density at radius 3 is 2.52 bits per heavy atom. The number of aliphatic hydroxyl groups excluding tert-OH is 1. The van der Waals surface area contributed by atoms with E-state index >= 15 is 0 Å². The molecule has 0 saturated carbocycles. The van der Waals surface area contributed by atoms with Crippen LogP contribution in [0.3, 0.4) is 0 Å². The van der Waals surface area contributed by atoms with Crippen LogP contribution in [0.25, 0.3) is 0 Å². The van der Waals surface area contributed by atoms with Gasteiger partial charge in [-0.3, -0.25) is 4.52 Å². The van der Waals surface area contributed by atoms with Gasteiger partial charge in [-0.15, -0.1) is 11.6 Å². The first-order valence-corrected chi connectivity index (χ1v) is 13.7. The molecule has 22 heteroatoms. The third-order valence-corrected chi connectivity index (χ3v) is 8.30. The van der Waals surface area contributed by atoms with E-state index in [-0.39, 0.29) is 5.82 Å². The van der Waals surface area contributed by atoms with Crippen LogP contribution >= 0.6 is 43.0 Å². The van der Waals surface area contributed by atoms with Gasteiger partial charge in [0.05, 0.1) is 15.5 Å². The minimum atomic E-state index is -5.94. The van der Waals surface area contributed by atoms with E-state index in [2.05, 4.69) is 31.8 Å². The first kappa shape index (κ1) is 23.8. The lowest BCUT2D eigenvalue weighted by atomic mass is 10.0. The molecule has 2 heterocycles. The SMILES string of the molecule is [2H]C([2H])(OP(=O)(O)OP(=O)(O)OP(O)(O)=P)[C@H]1O[C@@H](n2ncc(N)nc2=O)C(Cl)(CF)[C@H]1O. The number of anilines is 1. The zero-order chi connectivity index (χ0) is 25.6. The summed E-state index contributed by atoms with van der Waals surface area (Å²) < 4.78 is 70.0. The van der Waals surface area contributed by atoms with Crippen molar-refractivity contribution in [2.45, 2.75) is 23.3 Å². The lowest BCUT2D eigenvalue weighted by Crippen LogP contribution is -2.47. The normalized spacial score (nSPS) is 32.0. The van der Waals surface area contributed by atoms with Crippen LogP contribution in [0, 0.1) is 0 Å². The molecule has 1 aliphatic rings. The highest BCUT2D eigenvalue weighted by atomic mass is 35.5. The average molecular weight is 553 g/mol. The van der Waals surface area contributed by atoms with Gasteiger partial charge in [0.15, 0.2) is 6.23 Å². The number of nitrogens with zero attached hydrogens (tertiary/aromatic N) is 3. The number of aliphatic hydroxyl groups is 1. The summed E-state index contributed by atoms with van der Waals surface area (Å²) in [6, 6.07) is 0. The van der Waals surface area contributed by atoms with Gasteiger partial charge in [-0.1, -0.05) is 0 Å². The zero-order valence-electron chi connectivity index (χ0n) is 16.6. The summed E-state index contributed by atoms with van der Waals surface area (Å²) in [5, 5.41) is 13.9. The maximum atomic E-state index is 13.8. The molecule has 0 amide bonds. The van der Waals surface area contributed by atoms with E-state index in [4.69, 9.17) is 34.6 Å². The number of rotatable bonds is 9. The van der Waals surface area contributed by atoms with E-state index in [9.17, 15) is 33.2 Å². The Morgan fingerprint density at radius 1 is 1.39 bits per heavy atom. The number of ether oxygens (including phenoxy) is 1. The maximum absolute atomic E-state index is 13.8. The standard InChI is InChI=1S/C9H16ClFN4O12P4/c10-9(3-11)6(16)4(25-7(9)15-8(17)14-5(12)1-13-15)2-24-29(18,19)26-30(20,21)27-31(22,23)28/h1,4,6-7,16,22-23,28H,2-3H2,(H,18,19)(H,20,21)(H2,12,14,17)/t4-,6+,7-,9?/m1/s1/i2D2. The third-order valence-electron chi connectivity index (χ3n) is 3.33. The van der Waals surface area contributed by atoms with Crippen LogP contribution in [0.15, 0.2) is 11.0 Å². The van der Waals surface area contributed by atoms with Crippen LogP contribution in [-0.4, -0.2) is 69.8 Å². The van der Waals surface area contributed by atoms with Gasteiger partial charge >= 0.3 is 21.3 Å². The van der Waals surface area contributed by atoms with Gasteiger partial charge < -0.3 is 35.2 Å². The molecule has 0 aromatic carbocycles. The Bertz CT molecular complexity index is 1110. The van der Waals surface area contributed by atoms with E-state index in [0.717, 1.165) is 6.20 Å². The van der Waals surface area contributed by atoms with E-state index in [1.54, 1.807) is 0 Å². The fourth-order valence-electron chi connectivity index (χ4n) is 2.17. The summed E-state index contributed by atoms with van der Waals surface area (Å²) >= 11 is 6.01. The molecule has 7 N–H and O–H groups in total. The first-order chi connectivity index (χ1) is 14.7. The van der Waals surface area contributed by atoms with Crippen molar-refractivity contribution in [2.75, 3.05) is 19.0 Å². The van der Waals surface area contributed by atoms with Gasteiger partial charge in [-0.2, -0.15) is 19.1 Å². The highest BCUT2D eigenvalue weighted by Gasteiger charge is 2.58. The Balaban J connectivity index is 2.34. The van der Waals surface area contributed by atoms with Gasteiger partial charge in [-0.05, 0) is 8.53 Å². The molecule has 0 spiro atoms. The molecule has 1 fully saturated rings. The highest BCUT2D eigenvalue weighted by Crippen LogP contribution is 2.67. The molecular formula is C9H16ClFN4O12P4. The third kappa shape index (κ3) is 6.83. The Hall–Kier alpha value is -0.340. The van der Waals surface area contributed by atoms with E-state index < -0.39 is 65.1 Å². The molecule has 178 valence electrons. The number of phosphoric acid groups is 2. The Kier molecular flexibility index (Phi) is 7.29. The second kappa shape index (κ2) is 9.49. The van der Waals surface area contributed by atoms with Gasteiger partial charge in [0, 0.05) is 0 Å². The molecule has 1 saturated heterocycles. The monoisotopic (exact) mass is 552 g/mol. The number of hydrogen-bond donors (Lipinski definition) is 6. The second-order valence-electron chi connectivity index (χ2n) is 5.68. The molecule has 0 radical (unpaired) electrons. The topological polar surface area (TPSA) is 246 Å². The number of halogens is 2. The van der Waals surface area contributed by atoms with Crippen molar-refractivity contribution < 1.29 is 58.8 Å². The number of nitrogen functional groups attached to an aromatic ring is 1. The van der Waals surface area contributed by atoms with Crippen molar-refractivity contribution in [3.8, 4) is 0 Å². The lowest BCUT2D eigenvalue weighted by Gasteiger charge is -2.26. The second-order valence-corrected chi connectivity index (χ2v) is 12.6. The molecule has 1 aromatic heterocycles. The van der Waals surface area contributed by atoms with Crippen molar-refractivity contribution in [3.05, 3.63) is 16.7 Å². The molecule has 0 aliphatic carbocycles. The van der Waals surface area contributed by atoms with Crippen molar-refractivity contribution in [1.82, 2.24) is 14.8 Å². The van der Waals surface area contributed by atoms with Crippen molar-refractivity contribution in [3.63, 3.8) is 0 Å². The number of nitrogens with two attached hydrogens (primary N) is 1. The Morgan fingerprint density at radius 2 is 2.00 bits per heavy atom. The van der Waals surface area contributed by atoms with Crippen LogP contribution in [0.1, 0.15) is 8.97 Å². The van der Waals surface area contributed by atoms with Crippen molar-refractivity contribution >= 4 is 48.8 Å². The number of alkyl halides is 2. The summed E-state index contributed by atoms with van der Waals surface area (Å²) in [5.74, 6) is -0.347. The molecule has 1 aromatic rings. The predicted octanol–water partition coefficient (Wildman–Crippen LogP) is -0.519. The zero-order valence-corrected chi connectivity index (χ0v) is 19.1. The van der Waals surface area contributed by atoms with Crippen LogP contribution in [0.5, 0.6) is 0 Å². The predicted molar refractivity (Wildman–Crippen MR) is 103 cm³/mol. The lowest BCUT2D eigenvalue weighted by molar-refractivity contribution is -0.0518. The summed E-state index contributed by atoms with van der Waals surface area (Å²) in [4.78, 5) is 49.6. The number of hydrogen-bond acceptors (Lipinski definition) is 11. The minimum absolute atomic E-state index is 0.314. The van der Waals surface area contributed by atoms with E-state index in [0.29, 0.717) is 4.68 Å². The smallest absolute Gasteiger partial charge is 0.388 e. The van der Waals surface area contributed by atoms with Gasteiger partial charge in [0.1, 0.15) is 29.6 Å². The van der Waals surface area contributed by atoms with E-state index in [1.807, 2.05) is 0 Å². The molecule has 2 rings (SSSR count). The largest absolute Gasteiger partial charge is 0.488 e. The molecule has 6 atom stereocenters. The molecular weight excluding hydrogens is 534 g/mol. The fourth-order valence-corrected chi connectivity index (χ4v) is 6.31. The summed E-state index contributed by atoms with van der Waals surface area (Å²) in [6.07, 6.45) is -6.03. The number of aromatic nitrogens is 3.